The van der Waals surface area contributed by atoms with Gasteiger partial charge in [-0.05, 0) is 31.5 Å². The van der Waals surface area contributed by atoms with E-state index in [1.807, 2.05) is 5.32 Å². The Balaban J connectivity index is 2.42. The van der Waals surface area contributed by atoms with Crippen LogP contribution in [0.3, 0.4) is 0 Å². The fourth-order valence-electron chi connectivity index (χ4n) is 2.24. The number of hydrogen-bond acceptors (Lipinski definition) is 7. The second kappa shape index (κ2) is 8.95. The van der Waals surface area contributed by atoms with Crippen LogP contribution in [0.15, 0.2) is 30.3 Å². The molecule has 27 heavy (non-hydrogen) atoms. The van der Waals surface area contributed by atoms with Gasteiger partial charge in [-0.1, -0.05) is 18.2 Å². The van der Waals surface area contributed by atoms with Crippen LogP contribution in [0, 0.1) is 6.92 Å². The maximum Gasteiger partial charge on any atom is 0.413 e. The van der Waals surface area contributed by atoms with Crippen LogP contribution in [0.2, 0.25) is 0 Å². The zero-order valence-corrected chi connectivity index (χ0v) is 15.8. The van der Waals surface area contributed by atoms with Crippen molar-refractivity contribution < 1.29 is 28.7 Å². The number of thiophene rings is 1. The molecule has 0 aliphatic heterocycles. The first-order chi connectivity index (χ1) is 12.9. The van der Waals surface area contributed by atoms with Crippen LogP contribution in [0.4, 0.5) is 9.80 Å². The van der Waals surface area contributed by atoms with Crippen molar-refractivity contribution in [3.05, 3.63) is 51.9 Å². The van der Waals surface area contributed by atoms with E-state index in [-0.39, 0.29) is 22.0 Å². The van der Waals surface area contributed by atoms with Gasteiger partial charge in [-0.25, -0.2) is 9.59 Å². The number of hydrogen-bond donors (Lipinski definition) is 2. The third-order valence-electron chi connectivity index (χ3n) is 3.50. The molecule has 2 aromatic rings. The predicted octanol–water partition coefficient (Wildman–Crippen LogP) is 2.98. The Morgan fingerprint density at radius 2 is 1.74 bits per heavy atom. The van der Waals surface area contributed by atoms with Gasteiger partial charge in [-0.2, -0.15) is 0 Å². The van der Waals surface area contributed by atoms with Gasteiger partial charge in [-0.3, -0.25) is 14.9 Å². The highest BCUT2D eigenvalue weighted by Crippen LogP contribution is 2.34. The monoisotopic (exact) mass is 390 g/mol. The first-order valence-corrected chi connectivity index (χ1v) is 8.76. The minimum Gasteiger partial charge on any atom is -0.462 e. The number of ether oxygens (including phenoxy) is 2. The first-order valence-electron chi connectivity index (χ1n) is 7.95. The van der Waals surface area contributed by atoms with Crippen LogP contribution in [0.1, 0.15) is 42.9 Å². The Morgan fingerprint density at radius 1 is 1.07 bits per heavy atom. The van der Waals surface area contributed by atoms with Gasteiger partial charge < -0.3 is 14.8 Å². The molecule has 2 rings (SSSR count). The summed E-state index contributed by atoms with van der Waals surface area (Å²) in [5, 5.41) is 4.77. The van der Waals surface area contributed by atoms with Crippen LogP contribution in [0.5, 0.6) is 0 Å². The Labute approximate surface area is 159 Å². The number of esters is 1. The van der Waals surface area contributed by atoms with Gasteiger partial charge in [0.05, 0.1) is 19.3 Å². The maximum atomic E-state index is 12.5. The van der Waals surface area contributed by atoms with E-state index in [1.165, 1.54) is 6.92 Å². The Kier molecular flexibility index (Phi) is 6.67. The predicted molar refractivity (Wildman–Crippen MR) is 99.3 cm³/mol. The van der Waals surface area contributed by atoms with Crippen molar-refractivity contribution in [2.75, 3.05) is 19.0 Å². The van der Waals surface area contributed by atoms with Crippen molar-refractivity contribution >= 4 is 40.2 Å². The van der Waals surface area contributed by atoms with Gasteiger partial charge in [0, 0.05) is 5.56 Å². The second-order valence-electron chi connectivity index (χ2n) is 5.25. The zero-order chi connectivity index (χ0) is 20.0. The number of alkyl carbamates (subject to hydrolysis) is 1. The molecule has 9 heteroatoms. The highest BCUT2D eigenvalue weighted by Gasteiger charge is 2.27. The second-order valence-corrected chi connectivity index (χ2v) is 6.27. The number of carbonyl (C=O) groups excluding carboxylic acids is 4. The molecule has 8 nitrogen and oxygen atoms in total. The van der Waals surface area contributed by atoms with Gasteiger partial charge in [0.15, 0.2) is 0 Å². The van der Waals surface area contributed by atoms with Crippen molar-refractivity contribution in [3.8, 4) is 0 Å². The summed E-state index contributed by atoms with van der Waals surface area (Å²) in [7, 11) is 1.12. The van der Waals surface area contributed by atoms with Gasteiger partial charge in [-0.15, -0.1) is 11.3 Å². The SMILES string of the molecule is CCOC(=O)c1sc(NC(=O)c2ccccc2)c(C(=O)NC(=O)OC)c1C. The molecular weight excluding hydrogens is 372 g/mol. The third kappa shape index (κ3) is 4.70. The molecule has 2 N–H and O–H groups in total. The van der Waals surface area contributed by atoms with E-state index >= 15 is 0 Å². The van der Waals surface area contributed by atoms with Gasteiger partial charge >= 0.3 is 12.1 Å². The summed E-state index contributed by atoms with van der Waals surface area (Å²) in [6.45, 7) is 3.35. The molecule has 1 aromatic carbocycles. The van der Waals surface area contributed by atoms with E-state index in [0.29, 0.717) is 11.1 Å². The molecule has 0 atom stereocenters. The fourth-order valence-corrected chi connectivity index (χ4v) is 3.33. The summed E-state index contributed by atoms with van der Waals surface area (Å²) in [5.74, 6) is -1.87. The van der Waals surface area contributed by atoms with Crippen molar-refractivity contribution in [1.29, 1.82) is 0 Å². The zero-order valence-electron chi connectivity index (χ0n) is 15.0. The molecule has 0 fully saturated rings. The molecule has 1 heterocycles. The van der Waals surface area contributed by atoms with E-state index in [1.54, 1.807) is 37.3 Å². The number of methoxy groups -OCH3 is 1. The number of rotatable bonds is 5. The summed E-state index contributed by atoms with van der Waals surface area (Å²) < 4.78 is 9.40. The lowest BCUT2D eigenvalue weighted by Crippen LogP contribution is -2.31. The quantitative estimate of drug-likeness (QED) is 0.760. The minimum absolute atomic E-state index is 0.00210. The Morgan fingerprint density at radius 3 is 2.33 bits per heavy atom. The van der Waals surface area contributed by atoms with Crippen LogP contribution >= 0.6 is 11.3 Å². The Hall–Kier alpha value is -3.20. The molecule has 0 saturated heterocycles. The van der Waals surface area contributed by atoms with Crippen molar-refractivity contribution in [1.82, 2.24) is 5.32 Å². The first kappa shape index (κ1) is 20.1. The molecule has 0 saturated carbocycles. The topological polar surface area (TPSA) is 111 Å². The molecule has 0 spiro atoms. The average Bonchev–Trinajstić information content (AvgIpc) is 2.98. The molecular formula is C18H18N2O6S. The van der Waals surface area contributed by atoms with Crippen LogP contribution in [-0.2, 0) is 9.47 Å². The number of carbonyl (C=O) groups is 4. The van der Waals surface area contributed by atoms with Crippen molar-refractivity contribution in [2.24, 2.45) is 0 Å². The normalized spacial score (nSPS) is 10.0. The number of imide groups is 1. The number of benzene rings is 1. The summed E-state index contributed by atoms with van der Waals surface area (Å²) in [5.41, 5.74) is 0.668. The Bertz CT molecular complexity index is 875. The van der Waals surface area contributed by atoms with E-state index < -0.39 is 23.9 Å². The van der Waals surface area contributed by atoms with Gasteiger partial charge in [0.25, 0.3) is 11.8 Å². The molecule has 0 bridgehead atoms. The standard InChI is InChI=1S/C18H18N2O6S/c1-4-26-17(23)13-10(2)12(15(22)20-18(24)25-3)16(27-13)19-14(21)11-8-6-5-7-9-11/h5-9H,4H2,1-3H3,(H,19,21)(H,20,22,24). The number of anilines is 1. The lowest BCUT2D eigenvalue weighted by molar-refractivity contribution is 0.0531. The lowest BCUT2D eigenvalue weighted by Gasteiger charge is -2.07. The molecule has 0 unspecified atom stereocenters. The average molecular weight is 390 g/mol. The summed E-state index contributed by atoms with van der Waals surface area (Å²) in [4.78, 5) is 48.6. The largest absolute Gasteiger partial charge is 0.462 e. The van der Waals surface area contributed by atoms with E-state index in [2.05, 4.69) is 10.1 Å². The summed E-state index contributed by atoms with van der Waals surface area (Å²) in [6, 6.07) is 8.37. The molecule has 0 radical (unpaired) electrons. The molecule has 1 aromatic heterocycles. The molecule has 0 aliphatic carbocycles. The van der Waals surface area contributed by atoms with Crippen molar-refractivity contribution in [3.63, 3.8) is 0 Å². The van der Waals surface area contributed by atoms with Crippen LogP contribution in [-0.4, -0.2) is 37.6 Å². The van der Waals surface area contributed by atoms with Crippen LogP contribution < -0.4 is 10.6 Å². The third-order valence-corrected chi connectivity index (χ3v) is 4.69. The fraction of sp³-hybridized carbons (Fsp3) is 0.222. The minimum atomic E-state index is -0.955. The van der Waals surface area contributed by atoms with Crippen LogP contribution in [0.25, 0.3) is 0 Å². The molecule has 3 amide bonds. The van der Waals surface area contributed by atoms with Gasteiger partial charge in [0.1, 0.15) is 9.88 Å². The summed E-state index contributed by atoms with van der Waals surface area (Å²) >= 11 is 0.901. The number of nitrogens with one attached hydrogen (secondary N) is 2. The van der Waals surface area contributed by atoms with E-state index in [9.17, 15) is 19.2 Å². The van der Waals surface area contributed by atoms with E-state index in [4.69, 9.17) is 4.74 Å². The molecule has 0 aliphatic rings. The van der Waals surface area contributed by atoms with E-state index in [0.717, 1.165) is 18.4 Å². The smallest absolute Gasteiger partial charge is 0.413 e. The summed E-state index contributed by atoms with van der Waals surface area (Å²) in [6.07, 6.45) is -0.955. The number of amides is 3. The highest BCUT2D eigenvalue weighted by atomic mass is 32.1. The lowest BCUT2D eigenvalue weighted by atomic mass is 10.1. The van der Waals surface area contributed by atoms with Gasteiger partial charge in [0.2, 0.25) is 0 Å². The highest BCUT2D eigenvalue weighted by molar-refractivity contribution is 7.18. The van der Waals surface area contributed by atoms with Crippen molar-refractivity contribution in [2.45, 2.75) is 13.8 Å². The molecule has 142 valence electrons. The maximum absolute atomic E-state index is 12.5.